The number of amides is 1. The number of hydrogen-bond acceptors (Lipinski definition) is 6. The minimum absolute atomic E-state index is 0.000510. The maximum Gasteiger partial charge on any atom is 0.490 e. The minimum atomic E-state index is -5.08. The van der Waals surface area contributed by atoms with E-state index in [1.807, 2.05) is 6.20 Å². The number of likely N-dealkylation sites (N-methyl/N-ethyl adjacent to an activating group) is 1. The number of nitrogens with zero attached hydrogens (tertiary/aromatic N) is 4. The summed E-state index contributed by atoms with van der Waals surface area (Å²) in [4.78, 5) is 24.6. The number of aromatic nitrogens is 2. The van der Waals surface area contributed by atoms with Crippen LogP contribution in [0.1, 0.15) is 12.1 Å². The third kappa shape index (κ3) is 7.26. The Morgan fingerprint density at radius 1 is 1.37 bits per heavy atom. The number of rotatable bonds is 5. The van der Waals surface area contributed by atoms with Gasteiger partial charge >= 0.3 is 12.1 Å². The summed E-state index contributed by atoms with van der Waals surface area (Å²) >= 11 is 0. The Labute approximate surface area is 172 Å². The molecule has 0 spiro atoms. The van der Waals surface area contributed by atoms with Crippen LogP contribution in [0.2, 0.25) is 0 Å². The summed E-state index contributed by atoms with van der Waals surface area (Å²) in [7, 11) is 3.49. The van der Waals surface area contributed by atoms with Crippen molar-refractivity contribution < 1.29 is 37.3 Å². The minimum Gasteiger partial charge on any atom is -0.475 e. The van der Waals surface area contributed by atoms with E-state index in [4.69, 9.17) is 19.4 Å². The number of carboxylic acids is 1. The Kier molecular flexibility index (Phi) is 8.62. The van der Waals surface area contributed by atoms with Crippen molar-refractivity contribution in [3.63, 3.8) is 0 Å². The molecule has 1 saturated heterocycles. The number of aliphatic carboxylic acids is 1. The van der Waals surface area contributed by atoms with Crippen LogP contribution < -0.4 is 0 Å². The predicted molar refractivity (Wildman–Crippen MR) is 98.6 cm³/mol. The van der Waals surface area contributed by atoms with Crippen LogP contribution in [0.15, 0.2) is 12.3 Å². The molecule has 1 aromatic rings. The van der Waals surface area contributed by atoms with Crippen LogP contribution in [0, 0.1) is 5.92 Å². The molecular weight excluding hydrogens is 409 g/mol. The molecule has 0 bridgehead atoms. The van der Waals surface area contributed by atoms with E-state index in [1.54, 1.807) is 19.0 Å². The van der Waals surface area contributed by atoms with Gasteiger partial charge in [0.25, 0.3) is 0 Å². The first-order valence-electron chi connectivity index (χ1n) is 9.48. The highest BCUT2D eigenvalue weighted by molar-refractivity contribution is 5.76. The van der Waals surface area contributed by atoms with Gasteiger partial charge < -0.3 is 19.5 Å². The molecule has 1 N–H and O–H groups in total. The molecule has 3 heterocycles. The summed E-state index contributed by atoms with van der Waals surface area (Å²) in [6.07, 6.45) is -2.14. The van der Waals surface area contributed by atoms with Crippen molar-refractivity contribution in [2.24, 2.45) is 5.92 Å². The van der Waals surface area contributed by atoms with Gasteiger partial charge in [-0.3, -0.25) is 14.4 Å². The summed E-state index contributed by atoms with van der Waals surface area (Å²) < 4.78 is 45.0. The van der Waals surface area contributed by atoms with Crippen molar-refractivity contribution in [3.8, 4) is 0 Å². The molecule has 1 fully saturated rings. The van der Waals surface area contributed by atoms with Crippen LogP contribution in [-0.2, 0) is 32.2 Å². The molecule has 2 atom stereocenters. The molecule has 0 radical (unpaired) electrons. The van der Waals surface area contributed by atoms with Gasteiger partial charge in [0.05, 0.1) is 18.9 Å². The molecule has 0 aromatic carbocycles. The molecule has 1 amide bonds. The second kappa shape index (κ2) is 10.7. The van der Waals surface area contributed by atoms with E-state index in [2.05, 4.69) is 20.7 Å². The molecule has 0 saturated carbocycles. The first-order chi connectivity index (χ1) is 14.1. The zero-order valence-electron chi connectivity index (χ0n) is 17.0. The Hall–Kier alpha value is -2.18. The smallest absolute Gasteiger partial charge is 0.475 e. The first kappa shape index (κ1) is 24.1. The highest BCUT2D eigenvalue weighted by Crippen LogP contribution is 2.22. The highest BCUT2D eigenvalue weighted by atomic mass is 19.4. The van der Waals surface area contributed by atoms with Crippen molar-refractivity contribution in [1.29, 1.82) is 0 Å². The van der Waals surface area contributed by atoms with Gasteiger partial charge in [-0.1, -0.05) is 0 Å². The first-order valence-corrected chi connectivity index (χ1v) is 9.48. The van der Waals surface area contributed by atoms with Crippen LogP contribution in [-0.4, -0.2) is 95.8 Å². The SMILES string of the molecule is CN(C)C(=O)COCC1CN(C2CCOC2)Cc2ccnn2C1.O=C(O)C(F)(F)F. The quantitative estimate of drug-likeness (QED) is 0.731. The van der Waals surface area contributed by atoms with E-state index in [9.17, 15) is 18.0 Å². The molecule has 2 aliphatic rings. The van der Waals surface area contributed by atoms with Crippen molar-refractivity contribution in [3.05, 3.63) is 18.0 Å². The molecule has 2 aliphatic heterocycles. The normalized spacial score (nSPS) is 21.9. The number of carbonyl (C=O) groups excluding carboxylic acids is 1. The fourth-order valence-corrected chi connectivity index (χ4v) is 3.20. The standard InChI is InChI=1S/C16H26N4O3.C2HF3O2/c1-18(2)16(21)12-23-10-13-7-19(15-4-6-22-11-15)9-14-3-5-17-20(14)8-13;3-2(4,5)1(6)7/h3,5,13,15H,4,6-12H2,1-2H3;(H,6,7). The number of carboxylic acid groups (broad SMARTS) is 1. The van der Waals surface area contributed by atoms with Crippen LogP contribution in [0.5, 0.6) is 0 Å². The fraction of sp³-hybridized carbons (Fsp3) is 0.722. The third-order valence-electron chi connectivity index (χ3n) is 4.84. The number of carbonyl (C=O) groups is 2. The molecule has 30 heavy (non-hydrogen) atoms. The van der Waals surface area contributed by atoms with E-state index >= 15 is 0 Å². The van der Waals surface area contributed by atoms with Gasteiger partial charge in [0.1, 0.15) is 6.61 Å². The van der Waals surface area contributed by atoms with Crippen LogP contribution in [0.25, 0.3) is 0 Å². The van der Waals surface area contributed by atoms with Gasteiger partial charge in [0.15, 0.2) is 0 Å². The molecule has 1 aromatic heterocycles. The number of fused-ring (bicyclic) bond motifs is 1. The van der Waals surface area contributed by atoms with E-state index in [-0.39, 0.29) is 12.5 Å². The van der Waals surface area contributed by atoms with Crippen molar-refractivity contribution >= 4 is 11.9 Å². The summed E-state index contributed by atoms with van der Waals surface area (Å²) in [5, 5.41) is 11.6. The Balaban J connectivity index is 0.000000396. The van der Waals surface area contributed by atoms with Crippen LogP contribution in [0.4, 0.5) is 13.2 Å². The maximum atomic E-state index is 11.6. The zero-order chi connectivity index (χ0) is 22.3. The topological polar surface area (TPSA) is 97.1 Å². The number of hydrogen-bond donors (Lipinski definition) is 1. The van der Waals surface area contributed by atoms with E-state index in [0.29, 0.717) is 18.6 Å². The molecule has 3 rings (SSSR count). The summed E-state index contributed by atoms with van der Waals surface area (Å²) in [5.41, 5.74) is 1.24. The number of alkyl halides is 3. The lowest BCUT2D eigenvalue weighted by Crippen LogP contribution is -2.39. The van der Waals surface area contributed by atoms with E-state index in [1.165, 1.54) is 5.69 Å². The largest absolute Gasteiger partial charge is 0.490 e. The molecule has 170 valence electrons. The molecule has 12 heteroatoms. The lowest BCUT2D eigenvalue weighted by Gasteiger charge is -2.28. The van der Waals surface area contributed by atoms with Gasteiger partial charge in [-0.15, -0.1) is 0 Å². The van der Waals surface area contributed by atoms with Gasteiger partial charge in [-0.25, -0.2) is 4.79 Å². The monoisotopic (exact) mass is 436 g/mol. The van der Waals surface area contributed by atoms with E-state index < -0.39 is 12.1 Å². The van der Waals surface area contributed by atoms with Gasteiger partial charge in [0, 0.05) is 58.5 Å². The lowest BCUT2D eigenvalue weighted by atomic mass is 10.1. The highest BCUT2D eigenvalue weighted by Gasteiger charge is 2.38. The average molecular weight is 436 g/mol. The third-order valence-corrected chi connectivity index (χ3v) is 4.84. The fourth-order valence-electron chi connectivity index (χ4n) is 3.20. The summed E-state index contributed by atoms with van der Waals surface area (Å²) in [6, 6.07) is 2.56. The van der Waals surface area contributed by atoms with Gasteiger partial charge in [0.2, 0.25) is 5.91 Å². The van der Waals surface area contributed by atoms with Crippen LogP contribution >= 0.6 is 0 Å². The zero-order valence-corrected chi connectivity index (χ0v) is 17.0. The Bertz CT molecular complexity index is 704. The van der Waals surface area contributed by atoms with Gasteiger partial charge in [-0.2, -0.15) is 18.3 Å². The second-order valence-corrected chi connectivity index (χ2v) is 7.42. The van der Waals surface area contributed by atoms with Crippen molar-refractivity contribution in [2.45, 2.75) is 31.7 Å². The lowest BCUT2D eigenvalue weighted by molar-refractivity contribution is -0.192. The van der Waals surface area contributed by atoms with Crippen molar-refractivity contribution in [1.82, 2.24) is 19.6 Å². The Morgan fingerprint density at radius 2 is 2.07 bits per heavy atom. The average Bonchev–Trinajstić information content (AvgIpc) is 3.30. The van der Waals surface area contributed by atoms with E-state index in [0.717, 1.165) is 39.3 Å². The molecule has 0 aliphatic carbocycles. The Morgan fingerprint density at radius 3 is 2.63 bits per heavy atom. The summed E-state index contributed by atoms with van der Waals surface area (Å²) in [6.45, 7) is 5.06. The molecule has 2 unspecified atom stereocenters. The number of ether oxygens (including phenoxy) is 2. The maximum absolute atomic E-state index is 11.6. The van der Waals surface area contributed by atoms with Gasteiger partial charge in [-0.05, 0) is 12.5 Å². The van der Waals surface area contributed by atoms with Crippen molar-refractivity contribution in [2.75, 3.05) is 47.1 Å². The number of halogens is 3. The molecule has 9 nitrogen and oxygen atoms in total. The predicted octanol–water partition coefficient (Wildman–Crippen LogP) is 0.842. The summed E-state index contributed by atoms with van der Waals surface area (Å²) in [5.74, 6) is -2.43. The van der Waals surface area contributed by atoms with Crippen LogP contribution in [0.3, 0.4) is 0 Å². The second-order valence-electron chi connectivity index (χ2n) is 7.42. The molecular formula is C18H27F3N4O5.